The van der Waals surface area contributed by atoms with E-state index in [0.29, 0.717) is 17.5 Å². The highest BCUT2D eigenvalue weighted by Gasteiger charge is 2.16. The smallest absolute Gasteiger partial charge is 0.255 e. The molecule has 1 saturated heterocycles. The zero-order valence-electron chi connectivity index (χ0n) is 9.99. The van der Waals surface area contributed by atoms with Crippen molar-refractivity contribution in [3.05, 3.63) is 28.8 Å². The van der Waals surface area contributed by atoms with Crippen molar-refractivity contribution in [3.63, 3.8) is 0 Å². The number of carbonyl (C=O) groups is 1. The minimum Gasteiger partial charge on any atom is -0.507 e. The summed E-state index contributed by atoms with van der Waals surface area (Å²) < 4.78 is 5.26. The first-order chi connectivity index (χ1) is 8.66. The lowest BCUT2D eigenvalue weighted by Gasteiger charge is -2.09. The van der Waals surface area contributed by atoms with Crippen molar-refractivity contribution in [2.24, 2.45) is 5.92 Å². The maximum absolute atomic E-state index is 11.8. The summed E-state index contributed by atoms with van der Waals surface area (Å²) >= 11 is 5.79. The SMILES string of the molecule is O=C(NCCC1CCOC1)c1cc(Cl)ccc1O. The average Bonchev–Trinajstić information content (AvgIpc) is 2.85. The van der Waals surface area contributed by atoms with E-state index in [1.54, 1.807) is 6.07 Å². The van der Waals surface area contributed by atoms with Gasteiger partial charge in [-0.1, -0.05) is 11.6 Å². The molecule has 0 radical (unpaired) electrons. The van der Waals surface area contributed by atoms with E-state index in [-0.39, 0.29) is 17.2 Å². The van der Waals surface area contributed by atoms with E-state index in [1.165, 1.54) is 12.1 Å². The van der Waals surface area contributed by atoms with Crippen molar-refractivity contribution in [1.82, 2.24) is 5.32 Å². The number of carbonyl (C=O) groups excluding carboxylic acids is 1. The van der Waals surface area contributed by atoms with E-state index in [2.05, 4.69) is 5.32 Å². The molecule has 1 heterocycles. The van der Waals surface area contributed by atoms with Gasteiger partial charge in [0.05, 0.1) is 5.56 Å². The van der Waals surface area contributed by atoms with Crippen LogP contribution in [0.4, 0.5) is 0 Å². The molecule has 1 fully saturated rings. The van der Waals surface area contributed by atoms with Gasteiger partial charge in [0, 0.05) is 24.8 Å². The summed E-state index contributed by atoms with van der Waals surface area (Å²) in [7, 11) is 0. The molecule has 18 heavy (non-hydrogen) atoms. The molecule has 1 amide bonds. The van der Waals surface area contributed by atoms with Gasteiger partial charge in [0.15, 0.2) is 0 Å². The summed E-state index contributed by atoms with van der Waals surface area (Å²) in [5.74, 6) is 0.174. The lowest BCUT2D eigenvalue weighted by molar-refractivity contribution is 0.0948. The van der Waals surface area contributed by atoms with Crippen molar-refractivity contribution in [1.29, 1.82) is 0 Å². The molecule has 0 bridgehead atoms. The molecule has 2 rings (SSSR count). The molecule has 4 nitrogen and oxygen atoms in total. The first-order valence-electron chi connectivity index (χ1n) is 6.01. The molecule has 2 N–H and O–H groups in total. The van der Waals surface area contributed by atoms with E-state index < -0.39 is 0 Å². The van der Waals surface area contributed by atoms with Crippen LogP contribution in [-0.4, -0.2) is 30.8 Å². The number of nitrogens with one attached hydrogen (secondary N) is 1. The highest BCUT2D eigenvalue weighted by molar-refractivity contribution is 6.31. The minimum atomic E-state index is -0.297. The monoisotopic (exact) mass is 269 g/mol. The van der Waals surface area contributed by atoms with Gasteiger partial charge in [-0.2, -0.15) is 0 Å². The lowest BCUT2D eigenvalue weighted by atomic mass is 10.1. The first kappa shape index (κ1) is 13.2. The van der Waals surface area contributed by atoms with Gasteiger partial charge in [0.25, 0.3) is 5.91 Å². The summed E-state index contributed by atoms with van der Waals surface area (Å²) in [4.78, 5) is 11.8. The Hall–Kier alpha value is -1.26. The predicted molar refractivity (Wildman–Crippen MR) is 69.0 cm³/mol. The van der Waals surface area contributed by atoms with Gasteiger partial charge in [-0.05, 0) is 37.0 Å². The van der Waals surface area contributed by atoms with Crippen LogP contribution in [-0.2, 0) is 4.74 Å². The zero-order chi connectivity index (χ0) is 13.0. The summed E-state index contributed by atoms with van der Waals surface area (Å²) in [6.07, 6.45) is 1.95. The van der Waals surface area contributed by atoms with Crippen molar-refractivity contribution in [2.75, 3.05) is 19.8 Å². The second kappa shape index (κ2) is 6.07. The Morgan fingerprint density at radius 1 is 1.56 bits per heavy atom. The van der Waals surface area contributed by atoms with Crippen molar-refractivity contribution in [2.45, 2.75) is 12.8 Å². The largest absolute Gasteiger partial charge is 0.507 e. The Labute approximate surface area is 111 Å². The fourth-order valence-corrected chi connectivity index (χ4v) is 2.16. The van der Waals surface area contributed by atoms with Crippen LogP contribution in [0.2, 0.25) is 5.02 Å². The summed E-state index contributed by atoms with van der Waals surface area (Å²) in [6, 6.07) is 4.43. The molecule has 1 atom stereocenters. The predicted octanol–water partition coefficient (Wildman–Crippen LogP) is 2.20. The van der Waals surface area contributed by atoms with Crippen molar-refractivity contribution in [3.8, 4) is 5.75 Å². The number of amides is 1. The highest BCUT2D eigenvalue weighted by atomic mass is 35.5. The van der Waals surface area contributed by atoms with Gasteiger partial charge < -0.3 is 15.2 Å². The third kappa shape index (κ3) is 3.37. The number of phenols is 1. The Morgan fingerprint density at radius 2 is 2.39 bits per heavy atom. The molecule has 0 spiro atoms. The molecule has 0 aromatic heterocycles. The second-order valence-electron chi connectivity index (χ2n) is 4.44. The number of halogens is 1. The van der Waals surface area contributed by atoms with Crippen molar-refractivity contribution < 1.29 is 14.6 Å². The van der Waals surface area contributed by atoms with E-state index in [0.717, 1.165) is 26.1 Å². The lowest BCUT2D eigenvalue weighted by Crippen LogP contribution is -2.26. The normalized spacial score (nSPS) is 18.8. The number of benzene rings is 1. The second-order valence-corrected chi connectivity index (χ2v) is 4.87. The fourth-order valence-electron chi connectivity index (χ4n) is 1.99. The Balaban J connectivity index is 1.85. The van der Waals surface area contributed by atoms with Crippen LogP contribution < -0.4 is 5.32 Å². The number of phenolic OH excluding ortho intramolecular Hbond substituents is 1. The van der Waals surface area contributed by atoms with Crippen LogP contribution in [0.5, 0.6) is 5.75 Å². The Bertz CT molecular complexity index is 430. The first-order valence-corrected chi connectivity index (χ1v) is 6.39. The fraction of sp³-hybridized carbons (Fsp3) is 0.462. The summed E-state index contributed by atoms with van der Waals surface area (Å²) in [5, 5.41) is 12.8. The third-order valence-corrected chi connectivity index (χ3v) is 3.30. The Kier molecular flexibility index (Phi) is 4.44. The standard InChI is InChI=1S/C13H16ClNO3/c14-10-1-2-12(16)11(7-10)13(17)15-5-3-9-4-6-18-8-9/h1-2,7,9,16H,3-6,8H2,(H,15,17). The van der Waals surface area contributed by atoms with Crippen LogP contribution >= 0.6 is 11.6 Å². The minimum absolute atomic E-state index is 0.0545. The number of hydrogen-bond acceptors (Lipinski definition) is 3. The van der Waals surface area contributed by atoms with E-state index in [9.17, 15) is 9.90 Å². The molecule has 1 unspecified atom stereocenters. The molecular weight excluding hydrogens is 254 g/mol. The summed E-state index contributed by atoms with van der Waals surface area (Å²) in [5.41, 5.74) is 0.213. The number of hydrogen-bond donors (Lipinski definition) is 2. The van der Waals surface area contributed by atoms with E-state index >= 15 is 0 Å². The van der Waals surface area contributed by atoms with Crippen molar-refractivity contribution >= 4 is 17.5 Å². The topological polar surface area (TPSA) is 58.6 Å². The molecule has 1 aliphatic rings. The average molecular weight is 270 g/mol. The molecule has 0 saturated carbocycles. The number of ether oxygens (including phenoxy) is 1. The molecule has 1 aromatic rings. The maximum Gasteiger partial charge on any atom is 0.255 e. The van der Waals surface area contributed by atoms with Gasteiger partial charge in [-0.25, -0.2) is 0 Å². The van der Waals surface area contributed by atoms with Gasteiger partial charge in [0.2, 0.25) is 0 Å². The molecule has 1 aliphatic heterocycles. The number of aromatic hydroxyl groups is 1. The molecule has 98 valence electrons. The summed E-state index contributed by atoms with van der Waals surface area (Å²) in [6.45, 7) is 2.17. The van der Waals surface area contributed by atoms with Crippen LogP contribution in [0.25, 0.3) is 0 Å². The maximum atomic E-state index is 11.8. The number of rotatable bonds is 4. The van der Waals surface area contributed by atoms with Gasteiger partial charge in [0.1, 0.15) is 5.75 Å². The quantitative estimate of drug-likeness (QED) is 0.881. The molecule has 5 heteroatoms. The molecule has 1 aromatic carbocycles. The van der Waals surface area contributed by atoms with Crippen LogP contribution in [0.15, 0.2) is 18.2 Å². The molecular formula is C13H16ClNO3. The zero-order valence-corrected chi connectivity index (χ0v) is 10.7. The van der Waals surface area contributed by atoms with Gasteiger partial charge >= 0.3 is 0 Å². The van der Waals surface area contributed by atoms with Crippen LogP contribution in [0, 0.1) is 5.92 Å². The van der Waals surface area contributed by atoms with E-state index in [1.807, 2.05) is 0 Å². The Morgan fingerprint density at radius 3 is 3.11 bits per heavy atom. The van der Waals surface area contributed by atoms with E-state index in [4.69, 9.17) is 16.3 Å². The third-order valence-electron chi connectivity index (χ3n) is 3.07. The highest BCUT2D eigenvalue weighted by Crippen LogP contribution is 2.21. The molecule has 0 aliphatic carbocycles. The van der Waals surface area contributed by atoms with Gasteiger partial charge in [-0.3, -0.25) is 4.79 Å². The van der Waals surface area contributed by atoms with Gasteiger partial charge in [-0.15, -0.1) is 0 Å². The van der Waals surface area contributed by atoms with Crippen LogP contribution in [0.1, 0.15) is 23.2 Å². The van der Waals surface area contributed by atoms with Crippen LogP contribution in [0.3, 0.4) is 0 Å².